The van der Waals surface area contributed by atoms with E-state index in [1.165, 1.54) is 18.2 Å². The summed E-state index contributed by atoms with van der Waals surface area (Å²) in [5, 5.41) is 18.4. The number of carbonyl (C=O) groups is 1. The second-order valence-electron chi connectivity index (χ2n) is 6.38. The lowest BCUT2D eigenvalue weighted by molar-refractivity contribution is -0.104. The van der Waals surface area contributed by atoms with Crippen LogP contribution < -0.4 is 9.47 Å². The van der Waals surface area contributed by atoms with Crippen molar-refractivity contribution in [3.8, 4) is 22.6 Å². The maximum Gasteiger partial charge on any atom is 0.169 e. The van der Waals surface area contributed by atoms with Gasteiger partial charge in [-0.05, 0) is 46.9 Å². The van der Waals surface area contributed by atoms with Gasteiger partial charge in [-0.2, -0.15) is 0 Å². The molecule has 0 aliphatic rings. The van der Waals surface area contributed by atoms with Crippen LogP contribution in [0.1, 0.15) is 30.9 Å². The minimum atomic E-state index is -0.372. The van der Waals surface area contributed by atoms with E-state index in [1.807, 2.05) is 19.9 Å². The third kappa shape index (κ3) is 5.18. The van der Waals surface area contributed by atoms with E-state index in [9.17, 15) is 14.3 Å². The van der Waals surface area contributed by atoms with Gasteiger partial charge in [0.05, 0.1) is 13.2 Å². The van der Waals surface area contributed by atoms with E-state index in [0.717, 1.165) is 11.1 Å². The molecule has 0 aliphatic carbocycles. The molecule has 5 nitrogen and oxygen atoms in total. The molecule has 2 rings (SSSR count). The molecular weight excluding hydrogens is 363 g/mol. The van der Waals surface area contributed by atoms with Crippen LogP contribution in [0.3, 0.4) is 0 Å². The molecule has 0 amide bonds. The third-order valence-electron chi connectivity index (χ3n) is 4.10. The highest BCUT2D eigenvalue weighted by molar-refractivity contribution is 5.87. The summed E-state index contributed by atoms with van der Waals surface area (Å²) < 4.78 is 25.0. The lowest BCUT2D eigenvalue weighted by atomic mass is 9.88. The van der Waals surface area contributed by atoms with Crippen LogP contribution in [0.4, 0.5) is 4.39 Å². The maximum absolute atomic E-state index is 13.5. The standard InChI is InChI=1S/C22H25FO5/c1-15(2)19-14-20(27-12-10-25)22(28-13-11-26)21(18(19)4-3-9-24)16-5-7-17(23)8-6-16/h3-9,14-15,25-26H,10-13H2,1-2H3/b4-3+. The topological polar surface area (TPSA) is 76.0 Å². The van der Waals surface area contributed by atoms with E-state index in [2.05, 4.69) is 0 Å². The second-order valence-corrected chi connectivity index (χ2v) is 6.38. The van der Waals surface area contributed by atoms with Crippen molar-refractivity contribution in [3.63, 3.8) is 0 Å². The number of aliphatic hydroxyl groups is 2. The fourth-order valence-corrected chi connectivity index (χ4v) is 2.92. The Labute approximate surface area is 164 Å². The molecular formula is C22H25FO5. The average Bonchev–Trinajstić information content (AvgIpc) is 2.69. The Bertz CT molecular complexity index is 813. The number of rotatable bonds is 10. The summed E-state index contributed by atoms with van der Waals surface area (Å²) >= 11 is 0. The molecule has 0 fully saturated rings. The van der Waals surface area contributed by atoms with Gasteiger partial charge in [0.15, 0.2) is 11.5 Å². The van der Waals surface area contributed by atoms with Crippen LogP contribution in [0.2, 0.25) is 0 Å². The highest BCUT2D eigenvalue weighted by Crippen LogP contribution is 2.45. The van der Waals surface area contributed by atoms with Gasteiger partial charge in [-0.15, -0.1) is 0 Å². The molecule has 0 atom stereocenters. The predicted octanol–water partition coefficient (Wildman–Crippen LogP) is 3.57. The van der Waals surface area contributed by atoms with Crippen LogP contribution in [-0.4, -0.2) is 42.9 Å². The van der Waals surface area contributed by atoms with Crippen LogP contribution in [0, 0.1) is 5.82 Å². The molecule has 150 valence electrons. The van der Waals surface area contributed by atoms with E-state index in [4.69, 9.17) is 14.6 Å². The van der Waals surface area contributed by atoms with Crippen LogP contribution >= 0.6 is 0 Å². The summed E-state index contributed by atoms with van der Waals surface area (Å²) in [6, 6.07) is 7.73. The zero-order valence-electron chi connectivity index (χ0n) is 16.0. The molecule has 0 aliphatic heterocycles. The smallest absolute Gasteiger partial charge is 0.169 e. The van der Waals surface area contributed by atoms with Crippen LogP contribution in [-0.2, 0) is 4.79 Å². The monoisotopic (exact) mass is 388 g/mol. The number of benzene rings is 2. The van der Waals surface area contributed by atoms with Crippen molar-refractivity contribution in [3.05, 3.63) is 53.4 Å². The lowest BCUT2D eigenvalue weighted by Gasteiger charge is -2.23. The van der Waals surface area contributed by atoms with E-state index in [0.29, 0.717) is 28.9 Å². The summed E-state index contributed by atoms with van der Waals surface area (Å²) in [7, 11) is 0. The first-order valence-corrected chi connectivity index (χ1v) is 9.09. The molecule has 28 heavy (non-hydrogen) atoms. The van der Waals surface area contributed by atoms with Gasteiger partial charge >= 0.3 is 0 Å². The molecule has 0 heterocycles. The molecule has 6 heteroatoms. The first kappa shape index (κ1) is 21.6. The van der Waals surface area contributed by atoms with Gasteiger partial charge in [-0.3, -0.25) is 4.79 Å². The Hall–Kier alpha value is -2.70. The molecule has 0 radical (unpaired) electrons. The lowest BCUT2D eigenvalue weighted by Crippen LogP contribution is -2.10. The zero-order chi connectivity index (χ0) is 20.5. The molecule has 2 aromatic rings. The summed E-state index contributed by atoms with van der Waals surface area (Å²) in [6.07, 6.45) is 3.75. The summed E-state index contributed by atoms with van der Waals surface area (Å²) in [6.45, 7) is 3.74. The Morgan fingerprint density at radius 3 is 2.29 bits per heavy atom. The molecule has 0 saturated heterocycles. The fraction of sp³-hybridized carbons (Fsp3) is 0.318. The SMILES string of the molecule is CC(C)c1cc(OCCO)c(OCCO)c(-c2ccc(F)cc2)c1/C=C/C=O. The quantitative estimate of drug-likeness (QED) is 0.481. The van der Waals surface area contributed by atoms with Crippen molar-refractivity contribution in [1.29, 1.82) is 0 Å². The first-order valence-electron chi connectivity index (χ1n) is 9.09. The Morgan fingerprint density at radius 2 is 1.71 bits per heavy atom. The summed E-state index contributed by atoms with van der Waals surface area (Å²) in [5.74, 6) is 0.495. The highest BCUT2D eigenvalue weighted by Gasteiger charge is 2.22. The van der Waals surface area contributed by atoms with Crippen molar-refractivity contribution >= 4 is 12.4 Å². The van der Waals surface area contributed by atoms with Crippen molar-refractivity contribution in [1.82, 2.24) is 0 Å². The fourth-order valence-electron chi connectivity index (χ4n) is 2.92. The van der Waals surface area contributed by atoms with Gasteiger partial charge in [-0.25, -0.2) is 4.39 Å². The molecule has 2 N–H and O–H groups in total. The zero-order valence-corrected chi connectivity index (χ0v) is 16.0. The Balaban J connectivity index is 2.84. The Kier molecular flexibility index (Phi) is 8.17. The molecule has 0 unspecified atom stereocenters. The van der Waals surface area contributed by atoms with Gasteiger partial charge in [-0.1, -0.05) is 32.1 Å². The largest absolute Gasteiger partial charge is 0.487 e. The summed E-state index contributed by atoms with van der Waals surface area (Å²) in [5.41, 5.74) is 2.96. The molecule has 0 aromatic heterocycles. The molecule has 0 spiro atoms. The van der Waals surface area contributed by atoms with E-state index < -0.39 is 0 Å². The predicted molar refractivity (Wildman–Crippen MR) is 106 cm³/mol. The number of halogens is 1. The number of aldehydes is 1. The van der Waals surface area contributed by atoms with Crippen LogP contribution in [0.5, 0.6) is 11.5 Å². The average molecular weight is 388 g/mol. The normalized spacial score (nSPS) is 11.2. The number of carbonyl (C=O) groups excluding carboxylic acids is 1. The Morgan fingerprint density at radius 1 is 1.07 bits per heavy atom. The minimum Gasteiger partial charge on any atom is -0.487 e. The van der Waals surface area contributed by atoms with Crippen molar-refractivity contribution in [2.45, 2.75) is 19.8 Å². The minimum absolute atomic E-state index is 0.0293. The van der Waals surface area contributed by atoms with Crippen LogP contribution in [0.25, 0.3) is 17.2 Å². The highest BCUT2D eigenvalue weighted by atomic mass is 19.1. The maximum atomic E-state index is 13.5. The van der Waals surface area contributed by atoms with Gasteiger partial charge in [0.2, 0.25) is 0 Å². The number of hydrogen-bond donors (Lipinski definition) is 2. The van der Waals surface area contributed by atoms with Crippen LogP contribution in [0.15, 0.2) is 36.4 Å². The van der Waals surface area contributed by atoms with Gasteiger partial charge < -0.3 is 19.7 Å². The summed E-state index contributed by atoms with van der Waals surface area (Å²) in [4.78, 5) is 11.0. The first-order chi connectivity index (χ1) is 13.5. The molecule has 0 bridgehead atoms. The number of ether oxygens (including phenoxy) is 2. The number of aliphatic hydroxyl groups excluding tert-OH is 2. The van der Waals surface area contributed by atoms with Crippen molar-refractivity contribution in [2.75, 3.05) is 26.4 Å². The van der Waals surface area contributed by atoms with Gasteiger partial charge in [0.25, 0.3) is 0 Å². The van der Waals surface area contributed by atoms with Gasteiger partial charge in [0, 0.05) is 5.56 Å². The molecule has 0 saturated carbocycles. The van der Waals surface area contributed by atoms with Crippen molar-refractivity contribution in [2.24, 2.45) is 0 Å². The van der Waals surface area contributed by atoms with Crippen molar-refractivity contribution < 1.29 is 28.9 Å². The van der Waals surface area contributed by atoms with E-state index >= 15 is 0 Å². The van der Waals surface area contributed by atoms with E-state index in [1.54, 1.807) is 18.2 Å². The number of allylic oxidation sites excluding steroid dienone is 1. The van der Waals surface area contributed by atoms with Gasteiger partial charge in [0.1, 0.15) is 25.3 Å². The molecule has 2 aromatic carbocycles. The number of hydrogen-bond acceptors (Lipinski definition) is 5. The third-order valence-corrected chi connectivity index (χ3v) is 4.10. The second kappa shape index (κ2) is 10.6. The van der Waals surface area contributed by atoms with E-state index in [-0.39, 0.29) is 38.2 Å².